The molecule has 1 fully saturated rings. The molecule has 33 heavy (non-hydrogen) atoms. The molecule has 1 aliphatic heterocycles. The first-order valence-electron chi connectivity index (χ1n) is 11.3. The van der Waals surface area contributed by atoms with Crippen LogP contribution in [0.2, 0.25) is 0 Å². The summed E-state index contributed by atoms with van der Waals surface area (Å²) >= 11 is 1.41. The maximum atomic E-state index is 13.4. The largest absolute Gasteiger partial charge is 0.492 e. The summed E-state index contributed by atoms with van der Waals surface area (Å²) < 4.78 is 19.3. The van der Waals surface area contributed by atoms with Crippen LogP contribution in [0.3, 0.4) is 0 Å². The normalized spacial score (nSPS) is 14.8. The molecule has 1 N–H and O–H groups in total. The Hall–Kier alpha value is -2.81. The van der Waals surface area contributed by atoms with Crippen LogP contribution in [0.15, 0.2) is 54.0 Å². The highest BCUT2D eigenvalue weighted by molar-refractivity contribution is 7.14. The van der Waals surface area contributed by atoms with Crippen LogP contribution in [0, 0.1) is 5.95 Å². The van der Waals surface area contributed by atoms with Gasteiger partial charge in [0.2, 0.25) is 11.9 Å². The van der Waals surface area contributed by atoms with E-state index in [2.05, 4.69) is 27.0 Å². The number of anilines is 1. The second-order valence-electron chi connectivity index (χ2n) is 8.06. The maximum absolute atomic E-state index is 13.4. The van der Waals surface area contributed by atoms with E-state index in [0.717, 1.165) is 66.7 Å². The highest BCUT2D eigenvalue weighted by Gasteiger charge is 2.15. The number of nitrogens with one attached hydrogen (secondary N) is 1. The Labute approximate surface area is 198 Å². The Morgan fingerprint density at radius 2 is 1.94 bits per heavy atom. The van der Waals surface area contributed by atoms with Crippen molar-refractivity contribution in [2.45, 2.75) is 13.3 Å². The number of thiophene rings is 1. The Balaban J connectivity index is 1.25. The van der Waals surface area contributed by atoms with Crippen LogP contribution >= 0.6 is 11.3 Å². The van der Waals surface area contributed by atoms with Crippen molar-refractivity contribution in [1.82, 2.24) is 14.8 Å². The van der Waals surface area contributed by atoms with E-state index >= 15 is 0 Å². The number of rotatable bonds is 9. The molecule has 2 aromatic heterocycles. The first-order chi connectivity index (χ1) is 16.1. The Bertz CT molecular complexity index is 1070. The molecule has 0 saturated carbocycles. The van der Waals surface area contributed by atoms with E-state index in [9.17, 15) is 9.18 Å². The number of likely N-dealkylation sites (N-methyl/N-ethyl adjacent to an activating group) is 1. The van der Waals surface area contributed by atoms with E-state index in [0.29, 0.717) is 6.61 Å². The number of amides is 1. The number of benzene rings is 1. The SMILES string of the molecule is CCN1CCN(CCOc2cccc(CC(=O)Nc3cc(-c4ccnc(F)c4)cs3)c2)CC1. The predicted octanol–water partition coefficient (Wildman–Crippen LogP) is 4.15. The first kappa shape index (κ1) is 23.4. The minimum absolute atomic E-state index is 0.102. The van der Waals surface area contributed by atoms with Gasteiger partial charge in [0.25, 0.3) is 0 Å². The van der Waals surface area contributed by atoms with Crippen molar-refractivity contribution in [1.29, 1.82) is 0 Å². The van der Waals surface area contributed by atoms with Crippen LogP contribution in [0.5, 0.6) is 5.75 Å². The fourth-order valence-electron chi connectivity index (χ4n) is 3.87. The number of hydrogen-bond donors (Lipinski definition) is 1. The summed E-state index contributed by atoms with van der Waals surface area (Å²) in [6.07, 6.45) is 1.69. The minimum Gasteiger partial charge on any atom is -0.492 e. The molecule has 0 spiro atoms. The number of hydrogen-bond acceptors (Lipinski definition) is 6. The van der Waals surface area contributed by atoms with Gasteiger partial charge >= 0.3 is 0 Å². The zero-order valence-electron chi connectivity index (χ0n) is 18.8. The summed E-state index contributed by atoms with van der Waals surface area (Å²) in [5.41, 5.74) is 2.48. The van der Waals surface area contributed by atoms with E-state index < -0.39 is 5.95 Å². The Kier molecular flexibility index (Phi) is 8.04. The Morgan fingerprint density at radius 3 is 2.73 bits per heavy atom. The molecule has 8 heteroatoms. The minimum atomic E-state index is -0.523. The average molecular weight is 469 g/mol. The third kappa shape index (κ3) is 6.83. The van der Waals surface area contributed by atoms with Crippen LogP contribution in [0.4, 0.5) is 9.39 Å². The highest BCUT2D eigenvalue weighted by atomic mass is 32.1. The van der Waals surface area contributed by atoms with Crippen molar-refractivity contribution in [3.05, 3.63) is 65.6 Å². The standard InChI is InChI=1S/C25H29FN4O2S/c1-2-29-8-10-30(11-9-29)12-13-32-22-5-3-4-19(14-22)15-24(31)28-25-17-21(18-33-25)20-6-7-27-23(26)16-20/h3-7,14,16-18H,2,8-13,15H2,1H3,(H,28,31). The number of pyridine rings is 1. The molecular weight excluding hydrogens is 439 g/mol. The molecule has 174 valence electrons. The lowest BCUT2D eigenvalue weighted by Gasteiger charge is -2.33. The summed E-state index contributed by atoms with van der Waals surface area (Å²) in [7, 11) is 0. The van der Waals surface area contributed by atoms with Gasteiger partial charge < -0.3 is 15.0 Å². The predicted molar refractivity (Wildman–Crippen MR) is 130 cm³/mol. The molecule has 0 aliphatic carbocycles. The van der Waals surface area contributed by atoms with Gasteiger partial charge in [-0.15, -0.1) is 11.3 Å². The van der Waals surface area contributed by atoms with Crippen LogP contribution in [0.1, 0.15) is 12.5 Å². The molecule has 1 saturated heterocycles. The van der Waals surface area contributed by atoms with Crippen molar-refractivity contribution in [2.75, 3.05) is 51.2 Å². The van der Waals surface area contributed by atoms with Gasteiger partial charge in [0, 0.05) is 50.4 Å². The molecule has 3 heterocycles. The molecule has 0 atom stereocenters. The molecule has 1 aliphatic rings. The first-order valence-corrected chi connectivity index (χ1v) is 12.1. The van der Waals surface area contributed by atoms with Crippen molar-refractivity contribution < 1.29 is 13.9 Å². The number of nitrogens with zero attached hydrogens (tertiary/aromatic N) is 3. The maximum Gasteiger partial charge on any atom is 0.229 e. The zero-order valence-corrected chi connectivity index (χ0v) is 19.6. The number of halogens is 1. The quantitative estimate of drug-likeness (QED) is 0.478. The van der Waals surface area contributed by atoms with E-state index in [1.165, 1.54) is 23.6 Å². The summed E-state index contributed by atoms with van der Waals surface area (Å²) in [6.45, 7) is 9.26. The number of ether oxygens (including phenoxy) is 1. The van der Waals surface area contributed by atoms with Gasteiger partial charge in [-0.3, -0.25) is 9.69 Å². The summed E-state index contributed by atoms with van der Waals surface area (Å²) in [5, 5.41) is 5.54. The van der Waals surface area contributed by atoms with E-state index in [4.69, 9.17) is 4.74 Å². The van der Waals surface area contributed by atoms with E-state index in [1.54, 1.807) is 6.07 Å². The molecule has 0 radical (unpaired) electrons. The van der Waals surface area contributed by atoms with Crippen LogP contribution in [-0.4, -0.2) is 66.6 Å². The van der Waals surface area contributed by atoms with Crippen molar-refractivity contribution >= 4 is 22.2 Å². The monoisotopic (exact) mass is 468 g/mol. The molecule has 1 amide bonds. The van der Waals surface area contributed by atoms with Crippen molar-refractivity contribution in [2.24, 2.45) is 0 Å². The van der Waals surface area contributed by atoms with Crippen LogP contribution in [0.25, 0.3) is 11.1 Å². The van der Waals surface area contributed by atoms with Gasteiger partial charge in [0.15, 0.2) is 0 Å². The molecule has 0 unspecified atom stereocenters. The third-order valence-corrected chi connectivity index (χ3v) is 6.62. The van der Waals surface area contributed by atoms with Crippen molar-refractivity contribution in [3.63, 3.8) is 0 Å². The second kappa shape index (κ2) is 11.4. The fraction of sp³-hybridized carbons (Fsp3) is 0.360. The lowest BCUT2D eigenvalue weighted by Crippen LogP contribution is -2.47. The van der Waals surface area contributed by atoms with Gasteiger partial charge in [-0.25, -0.2) is 4.98 Å². The van der Waals surface area contributed by atoms with Gasteiger partial charge in [-0.05, 0) is 47.5 Å². The molecule has 1 aromatic carbocycles. The third-order valence-electron chi connectivity index (χ3n) is 5.77. The number of carbonyl (C=O) groups excluding carboxylic acids is 1. The summed E-state index contributed by atoms with van der Waals surface area (Å²) in [6, 6.07) is 12.7. The number of carbonyl (C=O) groups is 1. The smallest absolute Gasteiger partial charge is 0.229 e. The topological polar surface area (TPSA) is 57.7 Å². The average Bonchev–Trinajstić information content (AvgIpc) is 3.28. The van der Waals surface area contributed by atoms with E-state index in [-0.39, 0.29) is 12.3 Å². The van der Waals surface area contributed by atoms with Crippen LogP contribution in [-0.2, 0) is 11.2 Å². The fourth-order valence-corrected chi connectivity index (χ4v) is 4.69. The summed E-state index contributed by atoms with van der Waals surface area (Å²) in [5.74, 6) is 0.159. The highest BCUT2D eigenvalue weighted by Crippen LogP contribution is 2.29. The van der Waals surface area contributed by atoms with Gasteiger partial charge in [-0.1, -0.05) is 19.1 Å². The Morgan fingerprint density at radius 1 is 1.12 bits per heavy atom. The van der Waals surface area contributed by atoms with Gasteiger partial charge in [0.05, 0.1) is 11.4 Å². The summed E-state index contributed by atoms with van der Waals surface area (Å²) in [4.78, 5) is 21.0. The number of piperazine rings is 1. The molecule has 3 aromatic rings. The van der Waals surface area contributed by atoms with Gasteiger partial charge in [-0.2, -0.15) is 4.39 Å². The van der Waals surface area contributed by atoms with Gasteiger partial charge in [0.1, 0.15) is 12.4 Å². The van der Waals surface area contributed by atoms with Crippen molar-refractivity contribution in [3.8, 4) is 16.9 Å². The molecular formula is C25H29FN4O2S. The van der Waals surface area contributed by atoms with Crippen LogP contribution < -0.4 is 10.1 Å². The number of aromatic nitrogens is 1. The molecule has 4 rings (SSSR count). The lowest BCUT2D eigenvalue weighted by molar-refractivity contribution is -0.115. The lowest BCUT2D eigenvalue weighted by atomic mass is 10.1. The molecule has 0 bridgehead atoms. The second-order valence-corrected chi connectivity index (χ2v) is 8.97. The molecule has 6 nitrogen and oxygen atoms in total. The van der Waals surface area contributed by atoms with E-state index in [1.807, 2.05) is 35.7 Å². The zero-order chi connectivity index (χ0) is 23.0.